The minimum atomic E-state index is -0.583. The summed E-state index contributed by atoms with van der Waals surface area (Å²) in [4.78, 5) is 41.0. The zero-order chi connectivity index (χ0) is 37.9. The number of benzene rings is 2. The monoisotopic (exact) mass is 727 g/mol. The first-order chi connectivity index (χ1) is 26.2. The molecule has 12 heteroatoms. The highest BCUT2D eigenvalue weighted by atomic mass is 19.1. The van der Waals surface area contributed by atoms with Crippen LogP contribution in [0, 0.1) is 17.1 Å². The number of carbonyl (C=O) groups is 1. The number of ether oxygens (including phenoxy) is 2. The van der Waals surface area contributed by atoms with E-state index in [0.717, 1.165) is 71.9 Å². The fraction of sp³-hybridized carbons (Fsp3) is 0.310. The Morgan fingerprint density at radius 2 is 1.70 bits per heavy atom. The Kier molecular flexibility index (Phi) is 10.5. The average molecular weight is 728 g/mol. The first kappa shape index (κ1) is 36.5. The van der Waals surface area contributed by atoms with Crippen LogP contribution in [0.1, 0.15) is 40.9 Å². The Morgan fingerprint density at radius 1 is 0.981 bits per heavy atom. The number of amides is 1. The molecule has 0 N–H and O–H groups in total. The van der Waals surface area contributed by atoms with Gasteiger partial charge in [0.2, 0.25) is 0 Å². The second-order valence-corrected chi connectivity index (χ2v) is 13.7. The SMILES string of the molecule is COc1cc(-c2cn(C)c(=O)c3cnccc23)cc(OC)c1CN1CCN(Cc2cccc3c2CCN(C(=O)/C(C#N)=C/c2ncccc2F)C3C)CC1. The third-order valence-electron chi connectivity index (χ3n) is 10.7. The van der Waals surface area contributed by atoms with Crippen LogP contribution in [0.4, 0.5) is 4.39 Å². The molecule has 5 heterocycles. The fourth-order valence-electron chi connectivity index (χ4n) is 7.71. The van der Waals surface area contributed by atoms with Gasteiger partial charge in [0.15, 0.2) is 0 Å². The quantitative estimate of drug-likeness (QED) is 0.143. The number of nitrogens with zero attached hydrogens (tertiary/aromatic N) is 7. The molecule has 11 nitrogen and oxygen atoms in total. The van der Waals surface area contributed by atoms with E-state index in [1.807, 2.05) is 43.5 Å². The van der Waals surface area contributed by atoms with Gasteiger partial charge in [0.05, 0.1) is 31.2 Å². The molecule has 2 aromatic carbocycles. The molecule has 1 unspecified atom stereocenters. The number of hydrogen-bond donors (Lipinski definition) is 0. The van der Waals surface area contributed by atoms with Gasteiger partial charge in [-0.3, -0.25) is 29.4 Å². The molecule has 1 fully saturated rings. The van der Waals surface area contributed by atoms with Gasteiger partial charge in [-0.1, -0.05) is 18.2 Å². The molecule has 1 amide bonds. The number of carbonyl (C=O) groups excluding carboxylic acids is 1. The van der Waals surface area contributed by atoms with Gasteiger partial charge in [-0.2, -0.15) is 5.26 Å². The fourth-order valence-corrected chi connectivity index (χ4v) is 7.71. The summed E-state index contributed by atoms with van der Waals surface area (Å²) in [5, 5.41) is 11.2. The molecule has 1 atom stereocenters. The molecule has 0 bridgehead atoms. The van der Waals surface area contributed by atoms with Crippen molar-refractivity contribution in [2.24, 2.45) is 7.05 Å². The van der Waals surface area contributed by atoms with E-state index in [4.69, 9.17) is 9.47 Å². The number of halogens is 1. The average Bonchev–Trinajstić information content (AvgIpc) is 3.20. The number of fused-ring (bicyclic) bond motifs is 2. The van der Waals surface area contributed by atoms with Gasteiger partial charge in [-0.05, 0) is 77.4 Å². The summed E-state index contributed by atoms with van der Waals surface area (Å²) < 4.78 is 27.7. The Hall–Kier alpha value is -5.90. The molecule has 7 rings (SSSR count). The maximum atomic E-state index is 14.2. The minimum absolute atomic E-state index is 0.0314. The van der Waals surface area contributed by atoms with Crippen LogP contribution in [-0.2, 0) is 31.4 Å². The van der Waals surface area contributed by atoms with Crippen LogP contribution < -0.4 is 15.0 Å². The summed E-state index contributed by atoms with van der Waals surface area (Å²) in [7, 11) is 5.08. The predicted octanol–water partition coefficient (Wildman–Crippen LogP) is 5.52. The normalized spacial score (nSPS) is 16.6. The lowest BCUT2D eigenvalue weighted by atomic mass is 9.89. The maximum absolute atomic E-state index is 14.2. The van der Waals surface area contributed by atoms with Crippen LogP contribution in [0.3, 0.4) is 0 Å². The van der Waals surface area contributed by atoms with Crippen molar-refractivity contribution in [1.29, 1.82) is 5.26 Å². The number of methoxy groups -OCH3 is 2. The van der Waals surface area contributed by atoms with E-state index in [9.17, 15) is 19.2 Å². The first-order valence-corrected chi connectivity index (χ1v) is 18.0. The molecule has 1 saturated heterocycles. The molecule has 54 heavy (non-hydrogen) atoms. The smallest absolute Gasteiger partial charge is 0.265 e. The van der Waals surface area contributed by atoms with Gasteiger partial charge in [0.25, 0.3) is 11.5 Å². The van der Waals surface area contributed by atoms with Gasteiger partial charge in [-0.25, -0.2) is 4.39 Å². The van der Waals surface area contributed by atoms with Crippen molar-refractivity contribution in [3.63, 3.8) is 0 Å². The van der Waals surface area contributed by atoms with Gasteiger partial charge in [-0.15, -0.1) is 0 Å². The first-order valence-electron chi connectivity index (χ1n) is 18.0. The van der Waals surface area contributed by atoms with Crippen LogP contribution >= 0.6 is 0 Å². The molecule has 0 saturated carbocycles. The Morgan fingerprint density at radius 3 is 2.39 bits per heavy atom. The van der Waals surface area contributed by atoms with E-state index >= 15 is 0 Å². The predicted molar refractivity (Wildman–Crippen MR) is 204 cm³/mol. The zero-order valence-electron chi connectivity index (χ0n) is 30.9. The molecule has 5 aromatic rings. The van der Waals surface area contributed by atoms with Crippen LogP contribution in [0.5, 0.6) is 11.5 Å². The second kappa shape index (κ2) is 15.6. The second-order valence-electron chi connectivity index (χ2n) is 13.7. The van der Waals surface area contributed by atoms with Gasteiger partial charge < -0.3 is 18.9 Å². The third kappa shape index (κ3) is 7.08. The van der Waals surface area contributed by atoms with Crippen molar-refractivity contribution in [1.82, 2.24) is 29.2 Å². The highest BCUT2D eigenvalue weighted by Crippen LogP contribution is 2.38. The van der Waals surface area contributed by atoms with Gasteiger partial charge in [0, 0.05) is 83.2 Å². The lowest BCUT2D eigenvalue weighted by Gasteiger charge is -2.38. The van der Waals surface area contributed by atoms with Gasteiger partial charge in [0.1, 0.15) is 34.7 Å². The summed E-state index contributed by atoms with van der Waals surface area (Å²) in [6, 6.07) is 16.6. The summed E-state index contributed by atoms with van der Waals surface area (Å²) in [6.07, 6.45) is 8.47. The summed E-state index contributed by atoms with van der Waals surface area (Å²) in [6.45, 7) is 7.37. The van der Waals surface area contributed by atoms with E-state index in [-0.39, 0.29) is 22.9 Å². The summed E-state index contributed by atoms with van der Waals surface area (Å²) in [5.74, 6) is 0.437. The van der Waals surface area contributed by atoms with E-state index in [2.05, 4.69) is 31.9 Å². The van der Waals surface area contributed by atoms with Crippen LogP contribution in [0.25, 0.3) is 28.0 Å². The topological polar surface area (TPSA) is 117 Å². The van der Waals surface area contributed by atoms with Crippen LogP contribution in [-0.4, -0.2) is 82.1 Å². The minimum Gasteiger partial charge on any atom is -0.496 e. The highest BCUT2D eigenvalue weighted by molar-refractivity contribution is 6.02. The van der Waals surface area contributed by atoms with Crippen molar-refractivity contribution >= 4 is 22.8 Å². The van der Waals surface area contributed by atoms with E-state index in [1.54, 1.807) is 43.1 Å². The van der Waals surface area contributed by atoms with E-state index in [1.165, 1.54) is 35.5 Å². The van der Waals surface area contributed by atoms with Crippen molar-refractivity contribution < 1.29 is 18.7 Å². The third-order valence-corrected chi connectivity index (χ3v) is 10.7. The molecule has 0 aliphatic carbocycles. The Bertz CT molecular complexity index is 2330. The zero-order valence-corrected chi connectivity index (χ0v) is 30.9. The van der Waals surface area contributed by atoms with Crippen molar-refractivity contribution in [2.75, 3.05) is 46.9 Å². The number of pyridine rings is 3. The van der Waals surface area contributed by atoms with Crippen molar-refractivity contribution in [2.45, 2.75) is 32.5 Å². The summed E-state index contributed by atoms with van der Waals surface area (Å²) >= 11 is 0. The maximum Gasteiger partial charge on any atom is 0.265 e. The highest BCUT2D eigenvalue weighted by Gasteiger charge is 2.31. The molecule has 276 valence electrons. The molecule has 2 aliphatic rings. The van der Waals surface area contributed by atoms with Crippen molar-refractivity contribution in [3.8, 4) is 28.7 Å². The molecule has 3 aromatic heterocycles. The Labute approximate surface area is 313 Å². The Balaban J connectivity index is 1.03. The standard InChI is InChI=1S/C42H42FN7O4/c1-27-31-8-5-7-28(32(31)11-14-50(27)41(51)30(22-44)19-38-37(43)9-6-12-46-38)24-48-15-17-49(18-16-48)26-36-39(53-3)20-29(21-40(36)54-4)35-25-47(2)42(52)34-23-45-13-10-33(34)35/h5-10,12-13,19-21,23,25,27H,11,14-18,24,26H2,1-4H3/b30-19+. The van der Waals surface area contributed by atoms with Crippen LogP contribution in [0.2, 0.25) is 0 Å². The molecule has 2 aliphatic heterocycles. The number of aryl methyl sites for hydroxylation is 1. The van der Waals surface area contributed by atoms with Crippen LogP contribution in [0.15, 0.2) is 83.7 Å². The van der Waals surface area contributed by atoms with Crippen molar-refractivity contribution in [3.05, 3.63) is 123 Å². The number of nitriles is 1. The largest absolute Gasteiger partial charge is 0.496 e. The van der Waals surface area contributed by atoms with E-state index < -0.39 is 11.7 Å². The summed E-state index contributed by atoms with van der Waals surface area (Å²) in [5.41, 5.74) is 6.03. The number of aromatic nitrogens is 3. The molecule has 0 radical (unpaired) electrons. The lowest BCUT2D eigenvalue weighted by molar-refractivity contribution is -0.129. The van der Waals surface area contributed by atoms with Gasteiger partial charge >= 0.3 is 0 Å². The lowest BCUT2D eigenvalue weighted by Crippen LogP contribution is -2.45. The molecular weight excluding hydrogens is 686 g/mol. The number of rotatable bonds is 9. The van der Waals surface area contributed by atoms with E-state index in [0.29, 0.717) is 24.9 Å². The number of piperazine rings is 1. The molecular formula is C42H42FN7O4. The molecule has 0 spiro atoms. The number of hydrogen-bond acceptors (Lipinski definition) is 9.